The molecule has 1 fully saturated rings. The molecule has 6 nitrogen and oxygen atoms in total. The normalized spacial score (nSPS) is 18.0. The van der Waals surface area contributed by atoms with Gasteiger partial charge in [-0.25, -0.2) is 4.98 Å². The van der Waals surface area contributed by atoms with Gasteiger partial charge in [0.2, 0.25) is 5.13 Å². The second-order valence-corrected chi connectivity index (χ2v) is 5.72. The van der Waals surface area contributed by atoms with Crippen LogP contribution in [0.25, 0.3) is 0 Å². The predicted molar refractivity (Wildman–Crippen MR) is 81.5 cm³/mol. The van der Waals surface area contributed by atoms with E-state index in [1.165, 1.54) is 11.5 Å². The zero-order valence-electron chi connectivity index (χ0n) is 11.8. The van der Waals surface area contributed by atoms with Crippen molar-refractivity contribution in [3.05, 3.63) is 35.9 Å². The first-order valence-corrected chi connectivity index (χ1v) is 7.83. The van der Waals surface area contributed by atoms with Crippen molar-refractivity contribution in [1.29, 1.82) is 0 Å². The van der Waals surface area contributed by atoms with Crippen LogP contribution in [0.2, 0.25) is 0 Å². The molecule has 1 saturated heterocycles. The van der Waals surface area contributed by atoms with Gasteiger partial charge >= 0.3 is 0 Å². The average Bonchev–Trinajstić information content (AvgIpc) is 3.17. The van der Waals surface area contributed by atoms with Crippen molar-refractivity contribution in [3.63, 3.8) is 0 Å². The molecule has 0 aliphatic carbocycles. The third-order valence-electron chi connectivity index (χ3n) is 3.47. The Morgan fingerprint density at radius 3 is 3.14 bits per heavy atom. The van der Waals surface area contributed by atoms with Crippen LogP contribution in [0.4, 0.5) is 5.13 Å². The van der Waals surface area contributed by atoms with E-state index in [4.69, 9.17) is 0 Å². The molecule has 0 spiro atoms. The van der Waals surface area contributed by atoms with E-state index in [1.807, 2.05) is 24.0 Å². The number of likely N-dealkylation sites (tertiary alicyclic amines) is 1. The van der Waals surface area contributed by atoms with Gasteiger partial charge in [0.05, 0.1) is 0 Å². The van der Waals surface area contributed by atoms with Crippen LogP contribution in [0.15, 0.2) is 24.4 Å². The highest BCUT2D eigenvalue weighted by molar-refractivity contribution is 7.09. The molecule has 1 N–H and O–H groups in total. The number of aromatic nitrogens is 3. The van der Waals surface area contributed by atoms with Crippen molar-refractivity contribution >= 4 is 22.6 Å². The Bertz CT molecular complexity index is 615. The van der Waals surface area contributed by atoms with Crippen molar-refractivity contribution in [1.82, 2.24) is 19.2 Å². The van der Waals surface area contributed by atoms with E-state index in [0.717, 1.165) is 30.3 Å². The molecule has 0 saturated carbocycles. The number of hydrogen-bond acceptors (Lipinski definition) is 6. The molecule has 1 amide bonds. The molecular formula is C14H17N5OS. The number of rotatable bonds is 4. The number of aryl methyl sites for hydroxylation is 1. The third-order valence-corrected chi connectivity index (χ3v) is 4.16. The van der Waals surface area contributed by atoms with Gasteiger partial charge in [-0.2, -0.15) is 4.37 Å². The maximum Gasteiger partial charge on any atom is 0.272 e. The van der Waals surface area contributed by atoms with Crippen LogP contribution in [-0.2, 0) is 6.42 Å². The molecule has 0 radical (unpaired) electrons. The Hall–Kier alpha value is -2.02. The number of nitrogens with zero attached hydrogens (tertiary/aromatic N) is 4. The minimum Gasteiger partial charge on any atom is -0.356 e. The van der Waals surface area contributed by atoms with Crippen LogP contribution in [0.5, 0.6) is 0 Å². The maximum atomic E-state index is 12.3. The number of anilines is 1. The molecular weight excluding hydrogens is 286 g/mol. The molecule has 110 valence electrons. The summed E-state index contributed by atoms with van der Waals surface area (Å²) in [4.78, 5) is 22.7. The third kappa shape index (κ3) is 3.18. The van der Waals surface area contributed by atoms with Crippen molar-refractivity contribution in [2.75, 3.05) is 18.4 Å². The Balaban J connectivity index is 1.59. The van der Waals surface area contributed by atoms with Crippen molar-refractivity contribution < 1.29 is 4.79 Å². The van der Waals surface area contributed by atoms with E-state index in [-0.39, 0.29) is 11.9 Å². The quantitative estimate of drug-likeness (QED) is 0.933. The molecule has 2 aromatic heterocycles. The first-order valence-electron chi connectivity index (χ1n) is 7.05. The fraction of sp³-hybridized carbons (Fsp3) is 0.429. The molecule has 3 heterocycles. The van der Waals surface area contributed by atoms with E-state index in [0.29, 0.717) is 12.2 Å². The second-order valence-electron chi connectivity index (χ2n) is 4.97. The minimum atomic E-state index is -0.00795. The number of amides is 1. The highest BCUT2D eigenvalue weighted by atomic mass is 32.1. The lowest BCUT2D eigenvalue weighted by atomic mass is 10.3. The summed E-state index contributed by atoms with van der Waals surface area (Å²) in [6, 6.07) is 5.63. The van der Waals surface area contributed by atoms with Crippen LogP contribution in [0.1, 0.15) is 29.7 Å². The zero-order valence-corrected chi connectivity index (χ0v) is 12.6. The van der Waals surface area contributed by atoms with Gasteiger partial charge in [-0.15, -0.1) is 0 Å². The van der Waals surface area contributed by atoms with Gasteiger partial charge in [-0.05, 0) is 18.6 Å². The Kier molecular flexibility index (Phi) is 4.10. The van der Waals surface area contributed by atoms with Crippen molar-refractivity contribution in [2.45, 2.75) is 25.8 Å². The van der Waals surface area contributed by atoms with Crippen LogP contribution in [0, 0.1) is 0 Å². The summed E-state index contributed by atoms with van der Waals surface area (Å²) in [6.07, 6.45) is 3.40. The van der Waals surface area contributed by atoms with E-state index in [2.05, 4.69) is 19.7 Å². The molecule has 0 bridgehead atoms. The van der Waals surface area contributed by atoms with Gasteiger partial charge in [0.15, 0.2) is 0 Å². The molecule has 7 heteroatoms. The topological polar surface area (TPSA) is 71.0 Å². The molecule has 21 heavy (non-hydrogen) atoms. The predicted octanol–water partition coefficient (Wildman–Crippen LogP) is 1.82. The summed E-state index contributed by atoms with van der Waals surface area (Å²) in [5, 5.41) is 4.20. The van der Waals surface area contributed by atoms with E-state index in [9.17, 15) is 4.79 Å². The summed E-state index contributed by atoms with van der Waals surface area (Å²) in [5.41, 5.74) is 0.502. The highest BCUT2D eigenvalue weighted by Crippen LogP contribution is 2.19. The summed E-state index contributed by atoms with van der Waals surface area (Å²) in [7, 11) is 0. The SMILES string of the molecule is CCc1nsc(NC2CCN(C(=O)c3ccccn3)C2)n1. The molecule has 2 aromatic rings. The lowest BCUT2D eigenvalue weighted by molar-refractivity contribution is 0.0786. The van der Waals surface area contributed by atoms with Crippen LogP contribution in [-0.4, -0.2) is 44.3 Å². The van der Waals surface area contributed by atoms with Crippen molar-refractivity contribution in [3.8, 4) is 0 Å². The number of carbonyl (C=O) groups is 1. The van der Waals surface area contributed by atoms with Crippen LogP contribution < -0.4 is 5.32 Å². The van der Waals surface area contributed by atoms with E-state index < -0.39 is 0 Å². The molecule has 3 rings (SSSR count). The molecule has 1 aliphatic rings. The maximum absolute atomic E-state index is 12.3. The largest absolute Gasteiger partial charge is 0.356 e. The fourth-order valence-corrected chi connectivity index (χ4v) is 3.07. The standard InChI is InChI=1S/C14H17N5OS/c1-2-12-17-14(21-18-12)16-10-6-8-19(9-10)13(20)11-5-3-4-7-15-11/h3-5,7,10H,2,6,8-9H2,1H3,(H,16,17,18). The molecule has 1 atom stereocenters. The fourth-order valence-electron chi connectivity index (χ4n) is 2.34. The second kappa shape index (κ2) is 6.17. The first-order chi connectivity index (χ1) is 10.3. The molecule has 1 unspecified atom stereocenters. The van der Waals surface area contributed by atoms with E-state index >= 15 is 0 Å². The monoisotopic (exact) mass is 303 g/mol. The van der Waals surface area contributed by atoms with Gasteiger partial charge in [0.1, 0.15) is 11.5 Å². The smallest absolute Gasteiger partial charge is 0.272 e. The molecule has 1 aliphatic heterocycles. The van der Waals surface area contributed by atoms with E-state index in [1.54, 1.807) is 12.3 Å². The lowest BCUT2D eigenvalue weighted by Crippen LogP contribution is -2.32. The van der Waals surface area contributed by atoms with Crippen LogP contribution in [0.3, 0.4) is 0 Å². The zero-order chi connectivity index (χ0) is 14.7. The van der Waals surface area contributed by atoms with Crippen LogP contribution >= 0.6 is 11.5 Å². The average molecular weight is 303 g/mol. The van der Waals surface area contributed by atoms with Gasteiger partial charge in [0.25, 0.3) is 5.91 Å². The summed E-state index contributed by atoms with van der Waals surface area (Å²) in [5.74, 6) is 0.855. The van der Waals surface area contributed by atoms with Gasteiger partial charge < -0.3 is 10.2 Å². The number of pyridine rings is 1. The summed E-state index contributed by atoms with van der Waals surface area (Å²) >= 11 is 1.38. The van der Waals surface area contributed by atoms with Gasteiger partial charge in [0, 0.05) is 43.3 Å². The Labute approximate surface area is 127 Å². The first kappa shape index (κ1) is 13.9. The minimum absolute atomic E-state index is 0.00795. The lowest BCUT2D eigenvalue weighted by Gasteiger charge is -2.16. The van der Waals surface area contributed by atoms with Crippen molar-refractivity contribution in [2.24, 2.45) is 0 Å². The highest BCUT2D eigenvalue weighted by Gasteiger charge is 2.28. The summed E-state index contributed by atoms with van der Waals surface area (Å²) in [6.45, 7) is 3.46. The number of hydrogen-bond donors (Lipinski definition) is 1. The summed E-state index contributed by atoms with van der Waals surface area (Å²) < 4.78 is 4.26. The Morgan fingerprint density at radius 2 is 2.43 bits per heavy atom. The number of nitrogens with one attached hydrogen (secondary N) is 1. The van der Waals surface area contributed by atoms with Gasteiger partial charge in [-0.3, -0.25) is 9.78 Å². The Morgan fingerprint density at radius 1 is 1.52 bits per heavy atom. The number of carbonyl (C=O) groups excluding carboxylic acids is 1. The van der Waals surface area contributed by atoms with Gasteiger partial charge in [-0.1, -0.05) is 13.0 Å². The molecule has 0 aromatic carbocycles.